The molecule has 0 saturated heterocycles. The lowest BCUT2D eigenvalue weighted by atomic mass is 9.83. The number of H-pyrrole nitrogens is 1. The standard InChI is InChI=1S/C10H11N3O2.H2O/c1-10(6-14)8(12-13-9(10)15)7-2-4-11-5-3-7;/h2-5,14H,6H2,1H3,(H,13,15);1H2. The minimum absolute atomic E-state index is 0. The highest BCUT2D eigenvalue weighted by atomic mass is 16.3. The molecule has 1 aromatic heterocycles. The fourth-order valence-electron chi connectivity index (χ4n) is 1.54. The van der Waals surface area contributed by atoms with E-state index in [2.05, 4.69) is 15.5 Å². The molecule has 16 heavy (non-hydrogen) atoms. The average Bonchev–Trinajstić information content (AvgIpc) is 2.58. The fraction of sp³-hybridized carbons (Fsp3) is 0.300. The first-order valence-electron chi connectivity index (χ1n) is 4.64. The van der Waals surface area contributed by atoms with Crippen LogP contribution in [0.3, 0.4) is 0 Å². The summed E-state index contributed by atoms with van der Waals surface area (Å²) in [7, 11) is 0. The van der Waals surface area contributed by atoms with Crippen LogP contribution in [-0.2, 0) is 4.79 Å². The van der Waals surface area contributed by atoms with Gasteiger partial charge in [0.1, 0.15) is 5.41 Å². The fourth-order valence-corrected chi connectivity index (χ4v) is 1.54. The number of amides is 1. The van der Waals surface area contributed by atoms with Crippen molar-refractivity contribution in [3.8, 4) is 0 Å². The lowest BCUT2D eigenvalue weighted by Gasteiger charge is -2.19. The number of hydrogen-bond acceptors (Lipinski definition) is 4. The number of aromatic amines is 1. The van der Waals surface area contributed by atoms with Gasteiger partial charge in [-0.2, -0.15) is 5.10 Å². The van der Waals surface area contributed by atoms with E-state index in [1.807, 2.05) is 12.1 Å². The SMILES string of the molecule is CC1(CO)C(=O)NN=C1c1cc[nH+]cc1.[OH-]. The zero-order chi connectivity index (χ0) is 10.9. The molecule has 1 atom stereocenters. The molecule has 1 aromatic rings. The van der Waals surface area contributed by atoms with E-state index in [4.69, 9.17) is 0 Å². The molecular formula is C10H13N3O3. The smallest absolute Gasteiger partial charge is 0.254 e. The third kappa shape index (κ3) is 1.68. The van der Waals surface area contributed by atoms with Crippen molar-refractivity contribution in [3.63, 3.8) is 0 Å². The van der Waals surface area contributed by atoms with Crippen molar-refractivity contribution in [1.29, 1.82) is 0 Å². The highest BCUT2D eigenvalue weighted by Crippen LogP contribution is 2.26. The van der Waals surface area contributed by atoms with Crippen molar-refractivity contribution in [2.24, 2.45) is 10.5 Å². The van der Waals surface area contributed by atoms with Gasteiger partial charge in [-0.15, -0.1) is 0 Å². The summed E-state index contributed by atoms with van der Waals surface area (Å²) in [6, 6.07) is 3.63. The molecule has 1 aliphatic rings. The second-order valence-corrected chi connectivity index (χ2v) is 3.68. The van der Waals surface area contributed by atoms with E-state index in [0.717, 1.165) is 5.56 Å². The van der Waals surface area contributed by atoms with Gasteiger partial charge in [-0.3, -0.25) is 4.79 Å². The van der Waals surface area contributed by atoms with Gasteiger partial charge < -0.3 is 10.6 Å². The monoisotopic (exact) mass is 223 g/mol. The van der Waals surface area contributed by atoms with Crippen LogP contribution in [0.5, 0.6) is 0 Å². The maximum Gasteiger partial charge on any atom is 0.254 e. The zero-order valence-corrected chi connectivity index (χ0v) is 8.77. The molecule has 0 aromatic carbocycles. The Morgan fingerprint density at radius 2 is 2.12 bits per heavy atom. The number of pyridine rings is 1. The van der Waals surface area contributed by atoms with Gasteiger partial charge in [0.05, 0.1) is 12.3 Å². The van der Waals surface area contributed by atoms with Crippen molar-refractivity contribution < 1.29 is 20.4 Å². The van der Waals surface area contributed by atoms with Crippen LogP contribution < -0.4 is 10.4 Å². The summed E-state index contributed by atoms with van der Waals surface area (Å²) < 4.78 is 0. The minimum atomic E-state index is -0.943. The molecule has 6 nitrogen and oxygen atoms in total. The predicted molar refractivity (Wildman–Crippen MR) is 54.8 cm³/mol. The van der Waals surface area contributed by atoms with E-state index >= 15 is 0 Å². The number of aromatic nitrogens is 1. The van der Waals surface area contributed by atoms with Gasteiger partial charge >= 0.3 is 0 Å². The molecule has 1 aliphatic heterocycles. The van der Waals surface area contributed by atoms with E-state index in [0.29, 0.717) is 5.71 Å². The van der Waals surface area contributed by atoms with Gasteiger partial charge in [0.25, 0.3) is 5.91 Å². The molecular weight excluding hydrogens is 210 g/mol. The van der Waals surface area contributed by atoms with Crippen LogP contribution in [-0.4, -0.2) is 28.8 Å². The second kappa shape index (κ2) is 4.38. The number of nitrogens with one attached hydrogen (secondary N) is 2. The Bertz CT molecular complexity index is 419. The second-order valence-electron chi connectivity index (χ2n) is 3.68. The number of aliphatic hydroxyl groups excluding tert-OH is 1. The molecule has 1 amide bonds. The number of hydrogen-bond donors (Lipinski definition) is 2. The number of carbonyl (C=O) groups excluding carboxylic acids is 1. The third-order valence-corrected chi connectivity index (χ3v) is 2.60. The number of rotatable bonds is 2. The Balaban J connectivity index is 0.00000128. The zero-order valence-electron chi connectivity index (χ0n) is 8.77. The van der Waals surface area contributed by atoms with Gasteiger partial charge in [-0.05, 0) is 6.92 Å². The number of carbonyl (C=O) groups is 1. The number of hydrazone groups is 1. The highest BCUT2D eigenvalue weighted by Gasteiger charge is 2.43. The van der Waals surface area contributed by atoms with Gasteiger partial charge in [-0.25, -0.2) is 10.4 Å². The van der Waals surface area contributed by atoms with Crippen LogP contribution in [0, 0.1) is 5.41 Å². The van der Waals surface area contributed by atoms with E-state index in [9.17, 15) is 9.90 Å². The molecule has 0 aliphatic carbocycles. The van der Waals surface area contributed by atoms with Crippen LogP contribution in [0.1, 0.15) is 12.5 Å². The maximum atomic E-state index is 11.5. The van der Waals surface area contributed by atoms with Gasteiger partial charge in [-0.1, -0.05) is 0 Å². The molecule has 1 unspecified atom stereocenters. The Morgan fingerprint density at radius 3 is 2.69 bits per heavy atom. The van der Waals surface area contributed by atoms with Crippen LogP contribution >= 0.6 is 0 Å². The summed E-state index contributed by atoms with van der Waals surface area (Å²) in [5, 5.41) is 13.2. The first-order valence-corrected chi connectivity index (χ1v) is 4.64. The highest BCUT2D eigenvalue weighted by molar-refractivity contribution is 6.19. The van der Waals surface area contributed by atoms with Crippen molar-refractivity contribution in [1.82, 2.24) is 5.43 Å². The lowest BCUT2D eigenvalue weighted by Crippen LogP contribution is -2.39. The summed E-state index contributed by atoms with van der Waals surface area (Å²) in [5.74, 6) is -0.271. The molecule has 0 saturated carbocycles. The molecule has 0 fully saturated rings. The van der Waals surface area contributed by atoms with Crippen molar-refractivity contribution in [2.75, 3.05) is 6.61 Å². The molecule has 4 N–H and O–H groups in total. The molecule has 0 spiro atoms. The summed E-state index contributed by atoms with van der Waals surface area (Å²) in [6.45, 7) is 1.42. The normalized spacial score (nSPS) is 23.4. The van der Waals surface area contributed by atoms with E-state index < -0.39 is 5.41 Å². The van der Waals surface area contributed by atoms with Gasteiger partial charge in [0.2, 0.25) is 0 Å². The molecule has 2 heterocycles. The number of aliphatic hydroxyl groups is 1. The summed E-state index contributed by atoms with van der Waals surface area (Å²) in [4.78, 5) is 14.4. The molecule has 2 rings (SSSR count). The number of nitrogens with zero attached hydrogens (tertiary/aromatic N) is 1. The predicted octanol–water partition coefficient (Wildman–Crippen LogP) is -0.844. The van der Waals surface area contributed by atoms with Crippen molar-refractivity contribution in [2.45, 2.75) is 6.92 Å². The van der Waals surface area contributed by atoms with Gasteiger partial charge in [0, 0.05) is 17.7 Å². The lowest BCUT2D eigenvalue weighted by molar-refractivity contribution is -0.378. The third-order valence-electron chi connectivity index (χ3n) is 2.60. The van der Waals surface area contributed by atoms with Crippen molar-refractivity contribution in [3.05, 3.63) is 30.1 Å². The Morgan fingerprint density at radius 1 is 1.50 bits per heavy atom. The van der Waals surface area contributed by atoms with E-state index in [-0.39, 0.29) is 18.0 Å². The first kappa shape index (κ1) is 12.3. The summed E-state index contributed by atoms with van der Waals surface area (Å²) >= 11 is 0. The van der Waals surface area contributed by atoms with Crippen LogP contribution in [0.2, 0.25) is 0 Å². The maximum absolute atomic E-state index is 11.5. The largest absolute Gasteiger partial charge is 0.870 e. The minimum Gasteiger partial charge on any atom is -0.870 e. The van der Waals surface area contributed by atoms with Crippen LogP contribution in [0.15, 0.2) is 29.6 Å². The topological polar surface area (TPSA) is 106 Å². The van der Waals surface area contributed by atoms with Crippen molar-refractivity contribution >= 4 is 11.6 Å². The van der Waals surface area contributed by atoms with Gasteiger partial charge in [0.15, 0.2) is 12.4 Å². The molecule has 0 bridgehead atoms. The quantitative estimate of drug-likeness (QED) is 0.682. The summed E-state index contributed by atoms with van der Waals surface area (Å²) in [6.07, 6.45) is 3.50. The van der Waals surface area contributed by atoms with Crippen LogP contribution in [0.25, 0.3) is 0 Å². The van der Waals surface area contributed by atoms with E-state index in [1.165, 1.54) is 0 Å². The Hall–Kier alpha value is -1.79. The van der Waals surface area contributed by atoms with Crippen LogP contribution in [0.4, 0.5) is 0 Å². The summed E-state index contributed by atoms with van der Waals surface area (Å²) in [5.41, 5.74) is 2.84. The Kier molecular flexibility index (Phi) is 3.36. The Labute approximate surface area is 92.3 Å². The first-order chi connectivity index (χ1) is 7.18. The molecule has 86 valence electrons. The average molecular weight is 223 g/mol. The van der Waals surface area contributed by atoms with E-state index in [1.54, 1.807) is 19.3 Å². The molecule has 0 radical (unpaired) electrons. The molecule has 6 heteroatoms.